The van der Waals surface area contributed by atoms with Gasteiger partial charge >= 0.3 is 0 Å². The summed E-state index contributed by atoms with van der Waals surface area (Å²) in [4.78, 5) is 28.0. The molecule has 0 radical (unpaired) electrons. The number of carbonyl (C=O) groups excluding carboxylic acids is 2. The Morgan fingerprint density at radius 3 is 2.40 bits per heavy atom. The van der Waals surface area contributed by atoms with Crippen molar-refractivity contribution < 1.29 is 14.3 Å². The molecule has 5 rings (SSSR count). The van der Waals surface area contributed by atoms with Crippen molar-refractivity contribution in [2.45, 2.75) is 26.4 Å². The van der Waals surface area contributed by atoms with Gasteiger partial charge in [-0.1, -0.05) is 65.7 Å². The van der Waals surface area contributed by atoms with Gasteiger partial charge in [-0.3, -0.25) is 9.59 Å². The molecule has 204 valence electrons. The van der Waals surface area contributed by atoms with Gasteiger partial charge < -0.3 is 15.0 Å². The van der Waals surface area contributed by atoms with Crippen LogP contribution in [0.2, 0.25) is 10.0 Å². The van der Waals surface area contributed by atoms with Crippen LogP contribution in [0.25, 0.3) is 17.3 Å². The molecule has 0 unspecified atom stereocenters. The molecule has 40 heavy (non-hydrogen) atoms. The van der Waals surface area contributed by atoms with Gasteiger partial charge in [0.05, 0.1) is 36.1 Å². The average Bonchev–Trinajstić information content (AvgIpc) is 3.33. The third-order valence-corrected chi connectivity index (χ3v) is 7.44. The molecule has 1 N–H and O–H groups in total. The number of nitrogens with one attached hydrogen (secondary N) is 1. The highest BCUT2D eigenvalue weighted by Gasteiger charge is 2.33. The van der Waals surface area contributed by atoms with E-state index < -0.39 is 0 Å². The number of hydrogen-bond acceptors (Lipinski definition) is 4. The Labute approximate surface area is 243 Å². The first-order valence-electron chi connectivity index (χ1n) is 12.8. The second-order valence-corrected chi connectivity index (χ2v) is 10.5. The Hall–Kier alpha value is -4.07. The van der Waals surface area contributed by atoms with Crippen LogP contribution < -0.4 is 10.1 Å². The zero-order valence-electron chi connectivity index (χ0n) is 22.3. The van der Waals surface area contributed by atoms with Crippen LogP contribution in [0.15, 0.2) is 72.8 Å². The molecular weight excluding hydrogens is 547 g/mol. The number of halogens is 2. The number of amides is 2. The summed E-state index contributed by atoms with van der Waals surface area (Å²) in [6.07, 6.45) is 1.99. The van der Waals surface area contributed by atoms with Crippen molar-refractivity contribution in [3.8, 4) is 11.4 Å². The normalized spacial score (nSPS) is 14.5. The largest absolute Gasteiger partial charge is 0.497 e. The maximum Gasteiger partial charge on any atom is 0.272 e. The highest BCUT2D eigenvalue weighted by molar-refractivity contribution is 6.35. The summed E-state index contributed by atoms with van der Waals surface area (Å²) >= 11 is 12.8. The Kier molecular flexibility index (Phi) is 7.96. The maximum atomic E-state index is 13.7. The summed E-state index contributed by atoms with van der Waals surface area (Å²) in [5.74, 6) is 0.291. The van der Waals surface area contributed by atoms with Gasteiger partial charge in [-0.25, -0.2) is 4.68 Å². The SMILES string of the molecule is COc1ccc(/C=C2\CN(C(C)=O)Cc3c(C(=O)N[C@H](C)c4ccccc4)nn(-c4ccc(Cl)cc4Cl)c32)cc1. The molecule has 4 aromatic rings. The molecule has 0 aliphatic carbocycles. The van der Waals surface area contributed by atoms with Gasteiger partial charge in [-0.2, -0.15) is 5.10 Å². The van der Waals surface area contributed by atoms with Crippen LogP contribution in [0, 0.1) is 0 Å². The molecule has 2 heterocycles. The fraction of sp³-hybridized carbons (Fsp3) is 0.194. The Bertz CT molecular complexity index is 1600. The van der Waals surface area contributed by atoms with Crippen LogP contribution >= 0.6 is 23.2 Å². The van der Waals surface area contributed by atoms with Gasteiger partial charge in [0.1, 0.15) is 5.75 Å². The summed E-state index contributed by atoms with van der Waals surface area (Å²) in [5.41, 5.74) is 4.86. The van der Waals surface area contributed by atoms with Crippen molar-refractivity contribution >= 4 is 46.7 Å². The van der Waals surface area contributed by atoms with E-state index in [1.165, 1.54) is 6.92 Å². The summed E-state index contributed by atoms with van der Waals surface area (Å²) in [5, 5.41) is 8.73. The standard InChI is InChI=1S/C31H28Cl2N4O3/c1-19(22-7-5-4-6-8-22)34-31(39)29-26-18-36(20(2)38)17-23(15-21-9-12-25(40-3)13-10-21)30(26)37(35-29)28-14-11-24(32)16-27(28)33/h4-16,19H,17-18H2,1-3H3,(H,34,39)/b23-15+/t19-/m1/s1. The zero-order chi connectivity index (χ0) is 28.4. The smallest absolute Gasteiger partial charge is 0.272 e. The van der Waals surface area contributed by atoms with Gasteiger partial charge in [-0.05, 0) is 60.0 Å². The van der Waals surface area contributed by atoms with E-state index in [-0.39, 0.29) is 30.1 Å². The van der Waals surface area contributed by atoms with Gasteiger partial charge in [0.25, 0.3) is 5.91 Å². The lowest BCUT2D eigenvalue weighted by atomic mass is 9.97. The Morgan fingerprint density at radius 2 is 1.75 bits per heavy atom. The summed E-state index contributed by atoms with van der Waals surface area (Å²) < 4.78 is 6.98. The van der Waals surface area contributed by atoms with Crippen LogP contribution in [0.4, 0.5) is 0 Å². The highest BCUT2D eigenvalue weighted by Crippen LogP contribution is 2.36. The highest BCUT2D eigenvalue weighted by atomic mass is 35.5. The van der Waals surface area contributed by atoms with Gasteiger partial charge in [-0.15, -0.1) is 0 Å². The summed E-state index contributed by atoms with van der Waals surface area (Å²) in [6.45, 7) is 4.02. The van der Waals surface area contributed by atoms with E-state index in [1.807, 2.05) is 67.6 Å². The van der Waals surface area contributed by atoms with Crippen molar-refractivity contribution in [3.63, 3.8) is 0 Å². The number of hydrogen-bond donors (Lipinski definition) is 1. The molecule has 1 aliphatic heterocycles. The van der Waals surface area contributed by atoms with Crippen LogP contribution in [0.1, 0.15) is 52.8 Å². The molecule has 3 aromatic carbocycles. The first-order chi connectivity index (χ1) is 19.2. The fourth-order valence-corrected chi connectivity index (χ4v) is 5.28. The van der Waals surface area contributed by atoms with E-state index in [4.69, 9.17) is 33.0 Å². The number of ether oxygens (including phenoxy) is 1. The molecular formula is C31H28Cl2N4O3. The molecule has 2 amide bonds. The topological polar surface area (TPSA) is 76.5 Å². The first kappa shape index (κ1) is 27.5. The molecule has 0 fully saturated rings. The van der Waals surface area contributed by atoms with E-state index in [1.54, 1.807) is 34.9 Å². The maximum absolute atomic E-state index is 13.7. The Balaban J connectivity index is 1.67. The minimum absolute atomic E-state index is 0.104. The minimum atomic E-state index is -0.342. The number of carbonyl (C=O) groups is 2. The molecule has 0 spiro atoms. The molecule has 1 aliphatic rings. The van der Waals surface area contributed by atoms with E-state index in [0.717, 1.165) is 28.1 Å². The fourth-order valence-electron chi connectivity index (χ4n) is 4.80. The van der Waals surface area contributed by atoms with Gasteiger partial charge in [0, 0.05) is 24.1 Å². The number of nitrogens with zero attached hydrogens (tertiary/aromatic N) is 3. The van der Waals surface area contributed by atoms with Crippen LogP contribution in [-0.4, -0.2) is 40.1 Å². The van der Waals surface area contributed by atoms with Gasteiger partial charge in [0.15, 0.2) is 5.69 Å². The zero-order valence-corrected chi connectivity index (χ0v) is 23.8. The first-order valence-corrected chi connectivity index (χ1v) is 13.5. The van der Waals surface area contributed by atoms with Crippen molar-refractivity contribution in [2.24, 2.45) is 0 Å². The molecule has 0 bridgehead atoms. The number of rotatable bonds is 6. The molecule has 1 atom stereocenters. The lowest BCUT2D eigenvalue weighted by molar-refractivity contribution is -0.128. The lowest BCUT2D eigenvalue weighted by Crippen LogP contribution is -2.35. The van der Waals surface area contributed by atoms with Crippen LogP contribution in [0.5, 0.6) is 5.75 Å². The Morgan fingerprint density at radius 1 is 1.02 bits per heavy atom. The predicted molar refractivity (Wildman–Crippen MR) is 158 cm³/mol. The molecule has 9 heteroatoms. The van der Waals surface area contributed by atoms with Crippen molar-refractivity contribution in [1.82, 2.24) is 20.0 Å². The molecule has 0 saturated heterocycles. The monoisotopic (exact) mass is 574 g/mol. The summed E-state index contributed by atoms with van der Waals surface area (Å²) in [6, 6.07) is 22.2. The van der Waals surface area contributed by atoms with Crippen molar-refractivity contribution in [1.29, 1.82) is 0 Å². The van der Waals surface area contributed by atoms with Crippen LogP contribution in [0.3, 0.4) is 0 Å². The second kappa shape index (κ2) is 11.6. The van der Waals surface area contributed by atoms with Gasteiger partial charge in [0.2, 0.25) is 5.91 Å². The number of fused-ring (bicyclic) bond motifs is 1. The molecule has 1 aromatic heterocycles. The number of methoxy groups -OCH3 is 1. The molecule has 7 nitrogen and oxygen atoms in total. The quantitative estimate of drug-likeness (QED) is 0.282. The average molecular weight is 575 g/mol. The van der Waals surface area contributed by atoms with E-state index in [0.29, 0.717) is 27.8 Å². The minimum Gasteiger partial charge on any atom is -0.497 e. The molecule has 0 saturated carbocycles. The number of aromatic nitrogens is 2. The number of benzene rings is 3. The van der Waals surface area contributed by atoms with Crippen molar-refractivity contribution in [3.05, 3.63) is 111 Å². The summed E-state index contributed by atoms with van der Waals surface area (Å²) in [7, 11) is 1.62. The van der Waals surface area contributed by atoms with E-state index in [2.05, 4.69) is 5.32 Å². The second-order valence-electron chi connectivity index (χ2n) is 9.61. The van der Waals surface area contributed by atoms with Crippen LogP contribution in [-0.2, 0) is 11.3 Å². The third-order valence-electron chi connectivity index (χ3n) is 6.90. The van der Waals surface area contributed by atoms with Crippen molar-refractivity contribution in [2.75, 3.05) is 13.7 Å². The lowest BCUT2D eigenvalue weighted by Gasteiger charge is -2.29. The predicted octanol–water partition coefficient (Wildman–Crippen LogP) is 6.58. The van der Waals surface area contributed by atoms with E-state index in [9.17, 15) is 9.59 Å². The third kappa shape index (κ3) is 5.62. The van der Waals surface area contributed by atoms with E-state index >= 15 is 0 Å².